The van der Waals surface area contributed by atoms with Crippen LogP contribution in [0.4, 0.5) is 5.13 Å². The van der Waals surface area contributed by atoms with Gasteiger partial charge in [0.1, 0.15) is 0 Å². The van der Waals surface area contributed by atoms with Gasteiger partial charge in [0.25, 0.3) is 5.91 Å². The Labute approximate surface area is 179 Å². The predicted octanol–water partition coefficient (Wildman–Crippen LogP) is 3.64. The molecular weight excluding hydrogens is 396 g/mol. The van der Waals surface area contributed by atoms with Crippen LogP contribution in [0, 0.1) is 6.92 Å². The number of carbonyl (C=O) groups excluding carboxylic acids is 2. The number of anilines is 1. The van der Waals surface area contributed by atoms with Crippen molar-refractivity contribution in [3.63, 3.8) is 0 Å². The number of aryl methyl sites for hydroxylation is 1. The highest BCUT2D eigenvalue weighted by molar-refractivity contribution is 7.22. The smallest absolute Gasteiger partial charge is 0.253 e. The van der Waals surface area contributed by atoms with Crippen molar-refractivity contribution in [2.45, 2.75) is 6.92 Å². The van der Waals surface area contributed by atoms with E-state index in [1.165, 1.54) is 23.0 Å². The largest absolute Gasteiger partial charge is 0.336 e. The molecule has 6 nitrogen and oxygen atoms in total. The number of carbonyl (C=O) groups is 2. The Morgan fingerprint density at radius 3 is 2.53 bits per heavy atom. The molecule has 2 amide bonds. The third-order valence-electron chi connectivity index (χ3n) is 5.16. The lowest BCUT2D eigenvalue weighted by Gasteiger charge is -2.32. The zero-order valence-corrected chi connectivity index (χ0v) is 17.9. The summed E-state index contributed by atoms with van der Waals surface area (Å²) in [6, 6.07) is 13.5. The summed E-state index contributed by atoms with van der Waals surface area (Å²) >= 11 is 1.37. The molecule has 2 heterocycles. The molecule has 0 unspecified atom stereocenters. The fraction of sp³-hybridized carbons (Fsp3) is 0.261. The highest BCUT2D eigenvalue weighted by Crippen LogP contribution is 2.27. The van der Waals surface area contributed by atoms with E-state index in [-0.39, 0.29) is 11.8 Å². The minimum atomic E-state index is -0.233. The maximum atomic E-state index is 12.8. The summed E-state index contributed by atoms with van der Waals surface area (Å²) in [7, 11) is 2.07. The number of fused-ring (bicyclic) bond motifs is 1. The lowest BCUT2D eigenvalue weighted by atomic mass is 10.1. The maximum absolute atomic E-state index is 12.8. The van der Waals surface area contributed by atoms with Crippen molar-refractivity contribution in [2.24, 2.45) is 0 Å². The second kappa shape index (κ2) is 8.77. The van der Waals surface area contributed by atoms with Crippen LogP contribution < -0.4 is 5.32 Å². The summed E-state index contributed by atoms with van der Waals surface area (Å²) in [6.45, 7) is 5.29. The van der Waals surface area contributed by atoms with Crippen molar-refractivity contribution in [2.75, 3.05) is 38.5 Å². The number of likely N-dealkylation sites (N-methyl/N-ethyl adjacent to an activating group) is 1. The number of thiazole rings is 1. The van der Waals surface area contributed by atoms with Gasteiger partial charge in [-0.25, -0.2) is 4.98 Å². The van der Waals surface area contributed by atoms with E-state index in [4.69, 9.17) is 0 Å². The fourth-order valence-corrected chi connectivity index (χ4v) is 4.21. The Kier molecular flexibility index (Phi) is 5.92. The van der Waals surface area contributed by atoms with Gasteiger partial charge >= 0.3 is 0 Å². The average Bonchev–Trinajstić information content (AvgIpc) is 3.14. The van der Waals surface area contributed by atoms with Crippen LogP contribution >= 0.6 is 11.3 Å². The van der Waals surface area contributed by atoms with Crippen molar-refractivity contribution in [1.29, 1.82) is 0 Å². The molecule has 7 heteroatoms. The molecule has 1 aliphatic rings. The van der Waals surface area contributed by atoms with Crippen LogP contribution in [0.5, 0.6) is 0 Å². The molecule has 2 aromatic carbocycles. The second-order valence-corrected chi connectivity index (χ2v) is 8.56. The average molecular weight is 421 g/mol. The SMILES string of the molecule is Cc1ccc(/C=C/C(=O)Nc2nc3ccc(C(=O)N4CCN(C)CC4)cc3s2)cc1. The molecule has 1 fully saturated rings. The zero-order chi connectivity index (χ0) is 21.1. The Bertz CT molecular complexity index is 1100. The van der Waals surface area contributed by atoms with Crippen LogP contribution in [0.25, 0.3) is 16.3 Å². The lowest BCUT2D eigenvalue weighted by molar-refractivity contribution is -0.111. The summed E-state index contributed by atoms with van der Waals surface area (Å²) in [5, 5.41) is 3.33. The van der Waals surface area contributed by atoms with E-state index in [9.17, 15) is 9.59 Å². The van der Waals surface area contributed by atoms with E-state index in [0.29, 0.717) is 10.7 Å². The van der Waals surface area contributed by atoms with E-state index in [0.717, 1.165) is 42.0 Å². The van der Waals surface area contributed by atoms with E-state index in [1.54, 1.807) is 6.08 Å². The van der Waals surface area contributed by atoms with Gasteiger partial charge in [-0.15, -0.1) is 0 Å². The van der Waals surface area contributed by atoms with E-state index < -0.39 is 0 Å². The topological polar surface area (TPSA) is 65.5 Å². The van der Waals surface area contributed by atoms with Gasteiger partial charge in [-0.2, -0.15) is 0 Å². The maximum Gasteiger partial charge on any atom is 0.253 e. The fourth-order valence-electron chi connectivity index (χ4n) is 3.30. The molecule has 0 radical (unpaired) electrons. The Balaban J connectivity index is 1.43. The van der Waals surface area contributed by atoms with E-state index >= 15 is 0 Å². The van der Waals surface area contributed by atoms with E-state index in [1.807, 2.05) is 54.3 Å². The van der Waals surface area contributed by atoms with Gasteiger partial charge in [0.2, 0.25) is 5.91 Å². The molecule has 154 valence electrons. The Morgan fingerprint density at radius 2 is 1.80 bits per heavy atom. The third-order valence-corrected chi connectivity index (χ3v) is 6.09. The predicted molar refractivity (Wildman–Crippen MR) is 122 cm³/mol. The minimum Gasteiger partial charge on any atom is -0.336 e. The molecular formula is C23H24N4O2S. The second-order valence-electron chi connectivity index (χ2n) is 7.53. The quantitative estimate of drug-likeness (QED) is 0.655. The Morgan fingerprint density at radius 1 is 1.07 bits per heavy atom. The van der Waals surface area contributed by atoms with E-state index in [2.05, 4.69) is 22.2 Å². The number of benzene rings is 2. The third kappa shape index (κ3) is 4.75. The van der Waals surface area contributed by atoms with Crippen molar-refractivity contribution < 1.29 is 9.59 Å². The van der Waals surface area contributed by atoms with Crippen molar-refractivity contribution in [3.05, 3.63) is 65.2 Å². The van der Waals surface area contributed by atoms with Crippen molar-refractivity contribution in [3.8, 4) is 0 Å². The first-order valence-corrected chi connectivity index (χ1v) is 10.7. The summed E-state index contributed by atoms with van der Waals surface area (Å²) in [4.78, 5) is 33.6. The van der Waals surface area contributed by atoms with Gasteiger partial charge in [-0.05, 0) is 43.8 Å². The highest BCUT2D eigenvalue weighted by atomic mass is 32.1. The number of amides is 2. The molecule has 0 saturated carbocycles. The molecule has 0 aliphatic carbocycles. The molecule has 0 bridgehead atoms. The molecule has 1 saturated heterocycles. The van der Waals surface area contributed by atoms with Gasteiger partial charge in [0.05, 0.1) is 10.2 Å². The van der Waals surface area contributed by atoms with Gasteiger partial charge < -0.3 is 9.80 Å². The molecule has 3 aromatic rings. The van der Waals surface area contributed by atoms with Crippen LogP contribution in [-0.4, -0.2) is 59.8 Å². The number of piperazine rings is 1. The summed E-state index contributed by atoms with van der Waals surface area (Å²) in [5.74, 6) is -0.187. The summed E-state index contributed by atoms with van der Waals surface area (Å²) in [5.41, 5.74) is 3.57. The van der Waals surface area contributed by atoms with Crippen molar-refractivity contribution in [1.82, 2.24) is 14.8 Å². The van der Waals surface area contributed by atoms with Crippen LogP contribution in [0.3, 0.4) is 0 Å². The monoisotopic (exact) mass is 420 g/mol. The van der Waals surface area contributed by atoms with Gasteiger partial charge in [0, 0.05) is 37.8 Å². The van der Waals surface area contributed by atoms with Crippen LogP contribution in [0.2, 0.25) is 0 Å². The highest BCUT2D eigenvalue weighted by Gasteiger charge is 2.21. The van der Waals surface area contributed by atoms with Crippen LogP contribution in [-0.2, 0) is 4.79 Å². The van der Waals surface area contributed by atoms with Crippen LogP contribution in [0.15, 0.2) is 48.5 Å². The number of hydrogen-bond acceptors (Lipinski definition) is 5. The number of rotatable bonds is 4. The van der Waals surface area contributed by atoms with Gasteiger partial charge in [-0.1, -0.05) is 41.2 Å². The number of aromatic nitrogens is 1. The first kappa shape index (κ1) is 20.3. The molecule has 0 atom stereocenters. The number of hydrogen-bond donors (Lipinski definition) is 1. The van der Waals surface area contributed by atoms with Gasteiger partial charge in [-0.3, -0.25) is 14.9 Å². The molecule has 4 rings (SSSR count). The molecule has 30 heavy (non-hydrogen) atoms. The molecule has 1 aliphatic heterocycles. The minimum absolute atomic E-state index is 0.0463. The molecule has 0 spiro atoms. The standard InChI is InChI=1S/C23H24N4O2S/c1-16-3-5-17(6-4-16)7-10-21(28)25-23-24-19-9-8-18(15-20(19)30-23)22(29)27-13-11-26(2)12-14-27/h3-10,15H,11-14H2,1-2H3,(H,24,25,28)/b10-7+. The first-order chi connectivity index (χ1) is 14.5. The van der Waals surface area contributed by atoms with Gasteiger partial charge in [0.15, 0.2) is 5.13 Å². The molecule has 1 aromatic heterocycles. The first-order valence-electron chi connectivity index (χ1n) is 9.92. The summed E-state index contributed by atoms with van der Waals surface area (Å²) < 4.78 is 0.882. The lowest BCUT2D eigenvalue weighted by Crippen LogP contribution is -2.47. The zero-order valence-electron chi connectivity index (χ0n) is 17.1. The van der Waals surface area contributed by atoms with Crippen molar-refractivity contribution >= 4 is 44.6 Å². The molecule has 1 N–H and O–H groups in total. The number of nitrogens with zero attached hydrogens (tertiary/aromatic N) is 3. The number of nitrogens with one attached hydrogen (secondary N) is 1. The Hall–Kier alpha value is -3.03. The summed E-state index contributed by atoms with van der Waals surface area (Å²) in [6.07, 6.45) is 3.27. The normalized spacial score (nSPS) is 15.1. The van der Waals surface area contributed by atoms with Crippen LogP contribution in [0.1, 0.15) is 21.5 Å².